The van der Waals surface area contributed by atoms with Crippen molar-refractivity contribution in [2.24, 2.45) is 0 Å². The molecule has 2 rings (SSSR count). The van der Waals surface area contributed by atoms with Crippen molar-refractivity contribution in [1.29, 1.82) is 0 Å². The number of carbonyl (C=O) groups excluding carboxylic acids is 1. The van der Waals surface area contributed by atoms with Crippen molar-refractivity contribution in [1.82, 2.24) is 0 Å². The number of carboxylic acids is 1. The minimum atomic E-state index is -0.910. The Hall–Kier alpha value is -1.88. The molecule has 1 aliphatic rings. The van der Waals surface area contributed by atoms with Crippen molar-refractivity contribution >= 4 is 11.9 Å². The molecule has 5 nitrogen and oxygen atoms in total. The summed E-state index contributed by atoms with van der Waals surface area (Å²) in [7, 11) is 0. The number of benzene rings is 1. The Kier molecular flexibility index (Phi) is 6.73. The van der Waals surface area contributed by atoms with Crippen molar-refractivity contribution in [2.45, 2.75) is 32.8 Å². The van der Waals surface area contributed by atoms with E-state index in [1.54, 1.807) is 18.2 Å². The first-order chi connectivity index (χ1) is 9.56. The second kappa shape index (κ2) is 8.32. The van der Waals surface area contributed by atoms with Gasteiger partial charge in [-0.05, 0) is 31.9 Å². The number of hydrogen-bond acceptors (Lipinski definition) is 4. The van der Waals surface area contributed by atoms with E-state index in [2.05, 4.69) is 4.74 Å². The molecule has 20 heavy (non-hydrogen) atoms. The highest BCUT2D eigenvalue weighted by atomic mass is 16.5. The fourth-order valence-corrected chi connectivity index (χ4v) is 1.86. The van der Waals surface area contributed by atoms with Crippen LogP contribution in [0.25, 0.3) is 0 Å². The predicted molar refractivity (Wildman–Crippen MR) is 73.6 cm³/mol. The van der Waals surface area contributed by atoms with E-state index in [0.29, 0.717) is 25.2 Å². The fourth-order valence-electron chi connectivity index (χ4n) is 1.86. The maximum atomic E-state index is 10.9. The Labute approximate surface area is 118 Å². The smallest absolute Gasteiger partial charge is 0.336 e. The summed E-state index contributed by atoms with van der Waals surface area (Å²) >= 11 is 0. The highest BCUT2D eigenvalue weighted by Gasteiger charge is 2.14. The molecule has 1 heterocycles. The van der Waals surface area contributed by atoms with Crippen LogP contribution in [0.4, 0.5) is 0 Å². The van der Waals surface area contributed by atoms with Crippen molar-refractivity contribution in [2.75, 3.05) is 13.2 Å². The molecule has 1 saturated heterocycles. The van der Waals surface area contributed by atoms with Gasteiger partial charge in [-0.1, -0.05) is 18.2 Å². The number of esters is 1. The van der Waals surface area contributed by atoms with E-state index in [1.807, 2.05) is 19.9 Å². The van der Waals surface area contributed by atoms with Gasteiger partial charge in [0.25, 0.3) is 0 Å². The van der Waals surface area contributed by atoms with E-state index in [1.165, 1.54) is 0 Å². The third kappa shape index (κ3) is 5.01. The van der Waals surface area contributed by atoms with Gasteiger partial charge in [-0.2, -0.15) is 0 Å². The maximum Gasteiger partial charge on any atom is 0.336 e. The molecule has 0 aromatic heterocycles. The van der Waals surface area contributed by atoms with E-state index in [-0.39, 0.29) is 12.1 Å². The number of carbonyl (C=O) groups is 2. The lowest BCUT2D eigenvalue weighted by Gasteiger charge is -2.13. The maximum absolute atomic E-state index is 10.9. The number of ether oxygens (including phenoxy) is 2. The Morgan fingerprint density at radius 1 is 1.45 bits per heavy atom. The zero-order chi connectivity index (χ0) is 15.0. The second-order valence-corrected chi connectivity index (χ2v) is 4.31. The van der Waals surface area contributed by atoms with Crippen LogP contribution in [0.3, 0.4) is 0 Å². The zero-order valence-electron chi connectivity index (χ0n) is 11.8. The topological polar surface area (TPSA) is 72.8 Å². The molecule has 1 aliphatic heterocycles. The van der Waals surface area contributed by atoms with E-state index < -0.39 is 5.97 Å². The number of hydrogen-bond donors (Lipinski definition) is 1. The molecule has 0 bridgehead atoms. The van der Waals surface area contributed by atoms with Crippen LogP contribution < -0.4 is 0 Å². The highest BCUT2D eigenvalue weighted by molar-refractivity contribution is 5.89. The van der Waals surface area contributed by atoms with Crippen LogP contribution in [-0.2, 0) is 14.3 Å². The first-order valence-corrected chi connectivity index (χ1v) is 6.65. The Morgan fingerprint density at radius 3 is 2.60 bits per heavy atom. The molecule has 1 aromatic rings. The predicted octanol–water partition coefficient (Wildman–Crippen LogP) is 2.81. The SMILES string of the molecule is CCOC(C)c1ccccc1C(=O)O.O=C1CCCO1. The summed E-state index contributed by atoms with van der Waals surface area (Å²) in [6, 6.07) is 6.90. The van der Waals surface area contributed by atoms with Gasteiger partial charge in [0.15, 0.2) is 0 Å². The molecule has 0 spiro atoms. The minimum Gasteiger partial charge on any atom is -0.478 e. The summed E-state index contributed by atoms with van der Waals surface area (Å²) in [6.45, 7) is 4.96. The normalized spacial score (nSPS) is 15.0. The molecule has 0 amide bonds. The molecule has 1 N–H and O–H groups in total. The summed E-state index contributed by atoms with van der Waals surface area (Å²) in [5.41, 5.74) is 1.04. The highest BCUT2D eigenvalue weighted by Crippen LogP contribution is 2.20. The van der Waals surface area contributed by atoms with Gasteiger partial charge in [0.05, 0.1) is 18.3 Å². The molecule has 0 saturated carbocycles. The van der Waals surface area contributed by atoms with Crippen LogP contribution in [0.2, 0.25) is 0 Å². The van der Waals surface area contributed by atoms with E-state index in [0.717, 1.165) is 12.0 Å². The average Bonchev–Trinajstić information content (AvgIpc) is 2.91. The molecule has 1 aromatic carbocycles. The van der Waals surface area contributed by atoms with Crippen LogP contribution in [0, 0.1) is 0 Å². The summed E-state index contributed by atoms with van der Waals surface area (Å²) in [6.07, 6.45) is 1.37. The number of rotatable bonds is 4. The largest absolute Gasteiger partial charge is 0.478 e. The summed E-state index contributed by atoms with van der Waals surface area (Å²) in [5, 5.41) is 8.93. The second-order valence-electron chi connectivity index (χ2n) is 4.31. The first-order valence-electron chi connectivity index (χ1n) is 6.65. The van der Waals surface area contributed by atoms with Crippen molar-refractivity contribution in [3.05, 3.63) is 35.4 Å². The lowest BCUT2D eigenvalue weighted by atomic mass is 10.0. The Morgan fingerprint density at radius 2 is 2.15 bits per heavy atom. The van der Waals surface area contributed by atoms with Crippen LogP contribution in [0.1, 0.15) is 48.7 Å². The van der Waals surface area contributed by atoms with Gasteiger partial charge in [0.2, 0.25) is 0 Å². The third-order valence-corrected chi connectivity index (χ3v) is 2.83. The lowest BCUT2D eigenvalue weighted by Crippen LogP contribution is -2.07. The van der Waals surface area contributed by atoms with Crippen molar-refractivity contribution in [3.63, 3.8) is 0 Å². The zero-order valence-corrected chi connectivity index (χ0v) is 11.8. The number of aromatic carboxylic acids is 1. The van der Waals surface area contributed by atoms with Crippen molar-refractivity contribution < 1.29 is 24.2 Å². The van der Waals surface area contributed by atoms with Crippen molar-refractivity contribution in [3.8, 4) is 0 Å². The van der Waals surface area contributed by atoms with Gasteiger partial charge in [-0.15, -0.1) is 0 Å². The molecule has 1 unspecified atom stereocenters. The van der Waals surface area contributed by atoms with Gasteiger partial charge in [-0.25, -0.2) is 4.79 Å². The summed E-state index contributed by atoms with van der Waals surface area (Å²) in [5.74, 6) is -0.956. The summed E-state index contributed by atoms with van der Waals surface area (Å²) < 4.78 is 9.87. The molecule has 0 radical (unpaired) electrons. The average molecular weight is 280 g/mol. The molecule has 1 atom stereocenters. The Bertz CT molecular complexity index is 447. The first kappa shape index (κ1) is 16.2. The van der Waals surface area contributed by atoms with Crippen LogP contribution >= 0.6 is 0 Å². The molecule has 110 valence electrons. The van der Waals surface area contributed by atoms with Gasteiger partial charge in [0.1, 0.15) is 0 Å². The van der Waals surface area contributed by atoms with Gasteiger partial charge >= 0.3 is 11.9 Å². The fraction of sp³-hybridized carbons (Fsp3) is 0.467. The van der Waals surface area contributed by atoms with Crippen LogP contribution in [0.5, 0.6) is 0 Å². The lowest BCUT2D eigenvalue weighted by molar-refractivity contribution is -0.137. The van der Waals surface area contributed by atoms with Gasteiger partial charge in [0, 0.05) is 13.0 Å². The number of cyclic esters (lactones) is 1. The van der Waals surface area contributed by atoms with E-state index in [4.69, 9.17) is 9.84 Å². The monoisotopic (exact) mass is 280 g/mol. The standard InChI is InChI=1S/C11H14O3.C4H6O2/c1-3-14-8(2)9-6-4-5-7-10(9)11(12)13;5-4-2-1-3-6-4/h4-8H,3H2,1-2H3,(H,12,13);1-3H2. The summed E-state index contributed by atoms with van der Waals surface area (Å²) in [4.78, 5) is 20.9. The molecule has 0 aliphatic carbocycles. The molecule has 1 fully saturated rings. The minimum absolute atomic E-state index is 0.0463. The quantitative estimate of drug-likeness (QED) is 0.858. The Balaban J connectivity index is 0.000000276. The molecule has 5 heteroatoms. The van der Waals surface area contributed by atoms with E-state index >= 15 is 0 Å². The van der Waals surface area contributed by atoms with Crippen LogP contribution in [0.15, 0.2) is 24.3 Å². The van der Waals surface area contributed by atoms with Crippen LogP contribution in [-0.4, -0.2) is 30.3 Å². The van der Waals surface area contributed by atoms with E-state index in [9.17, 15) is 9.59 Å². The third-order valence-electron chi connectivity index (χ3n) is 2.83. The molecular weight excluding hydrogens is 260 g/mol. The van der Waals surface area contributed by atoms with Gasteiger partial charge < -0.3 is 14.6 Å². The molecular formula is C15H20O5. The van der Waals surface area contributed by atoms with Gasteiger partial charge in [-0.3, -0.25) is 4.79 Å². The number of carboxylic acid groups (broad SMARTS) is 1.